The third-order valence-electron chi connectivity index (χ3n) is 3.91. The van der Waals surface area contributed by atoms with Crippen molar-refractivity contribution in [1.82, 2.24) is 9.80 Å². The third kappa shape index (κ3) is 3.21. The third-order valence-corrected chi connectivity index (χ3v) is 3.91. The van der Waals surface area contributed by atoms with Gasteiger partial charge < -0.3 is 19.6 Å². The van der Waals surface area contributed by atoms with Crippen molar-refractivity contribution < 1.29 is 14.6 Å². The molecule has 5 nitrogen and oxygen atoms in total. The smallest absolute Gasteiger partial charge is 0.254 e. The van der Waals surface area contributed by atoms with Gasteiger partial charge in [-0.25, -0.2) is 0 Å². The number of β-amino-alcohol motifs (C(OH)–C–C–N with tert-alkyl or cyclic N) is 1. The van der Waals surface area contributed by atoms with E-state index in [0.717, 1.165) is 17.9 Å². The number of fused-ring (bicyclic) bond motifs is 1. The van der Waals surface area contributed by atoms with E-state index in [1.54, 1.807) is 11.0 Å². The quantitative estimate of drug-likeness (QED) is 0.844. The van der Waals surface area contributed by atoms with Gasteiger partial charge in [0.25, 0.3) is 5.91 Å². The number of hydrogen-bond donors (Lipinski definition) is 1. The van der Waals surface area contributed by atoms with E-state index in [-0.39, 0.29) is 5.91 Å². The van der Waals surface area contributed by atoms with Crippen LogP contribution in [0.2, 0.25) is 0 Å². The van der Waals surface area contributed by atoms with Crippen LogP contribution in [-0.2, 0) is 4.79 Å². The lowest BCUT2D eigenvalue weighted by Crippen LogP contribution is -2.38. The van der Waals surface area contributed by atoms with Gasteiger partial charge in [0.15, 0.2) is 0 Å². The van der Waals surface area contributed by atoms with Crippen LogP contribution in [0.15, 0.2) is 42.2 Å². The molecule has 116 valence electrons. The normalized spacial score (nSPS) is 22.2. The van der Waals surface area contributed by atoms with Crippen molar-refractivity contribution in [2.45, 2.75) is 6.10 Å². The highest BCUT2D eigenvalue weighted by molar-refractivity contribution is 6.01. The molecule has 0 bridgehead atoms. The summed E-state index contributed by atoms with van der Waals surface area (Å²) in [6.07, 6.45) is 4.54. The zero-order chi connectivity index (χ0) is 15.5. The maximum absolute atomic E-state index is 12.7. The minimum absolute atomic E-state index is 0.0779. The van der Waals surface area contributed by atoms with Crippen LogP contribution >= 0.6 is 0 Å². The maximum Gasteiger partial charge on any atom is 0.254 e. The highest BCUT2D eigenvalue weighted by atomic mass is 16.5. The molecule has 2 heterocycles. The molecule has 1 atom stereocenters. The summed E-state index contributed by atoms with van der Waals surface area (Å²) in [6, 6.07) is 7.60. The van der Waals surface area contributed by atoms with Crippen LogP contribution in [0.3, 0.4) is 0 Å². The van der Waals surface area contributed by atoms with Crippen molar-refractivity contribution in [3.8, 4) is 5.75 Å². The fourth-order valence-electron chi connectivity index (χ4n) is 2.75. The monoisotopic (exact) mass is 300 g/mol. The Morgan fingerprint density at radius 3 is 2.95 bits per heavy atom. The van der Waals surface area contributed by atoms with E-state index in [1.807, 2.05) is 42.3 Å². The second-order valence-electron chi connectivity index (χ2n) is 5.73. The summed E-state index contributed by atoms with van der Waals surface area (Å²) < 4.78 is 5.52. The van der Waals surface area contributed by atoms with E-state index >= 15 is 0 Å². The largest absolute Gasteiger partial charge is 0.464 e. The fraction of sp³-hybridized carbons (Fsp3) is 0.353. The Kier molecular flexibility index (Phi) is 4.27. The van der Waals surface area contributed by atoms with Crippen LogP contribution in [-0.4, -0.2) is 60.1 Å². The number of ether oxygens (including phenoxy) is 1. The molecule has 3 rings (SSSR count). The van der Waals surface area contributed by atoms with Gasteiger partial charge >= 0.3 is 0 Å². The summed E-state index contributed by atoms with van der Waals surface area (Å²) in [5, 5.41) is 9.99. The number of nitrogens with zero attached hydrogens (tertiary/aromatic N) is 2. The van der Waals surface area contributed by atoms with E-state index in [4.69, 9.17) is 4.74 Å². The Morgan fingerprint density at radius 2 is 2.09 bits per heavy atom. The first-order valence-corrected chi connectivity index (χ1v) is 7.43. The highest BCUT2D eigenvalue weighted by Crippen LogP contribution is 2.25. The number of aliphatic hydroxyl groups excluding tert-OH is 1. The van der Waals surface area contributed by atoms with Crippen molar-refractivity contribution in [3.63, 3.8) is 0 Å². The van der Waals surface area contributed by atoms with Crippen LogP contribution in [0.1, 0.15) is 5.56 Å². The summed E-state index contributed by atoms with van der Waals surface area (Å²) in [7, 11) is 1.95. The molecule has 0 spiro atoms. The molecule has 1 aromatic rings. The summed E-state index contributed by atoms with van der Waals surface area (Å²) in [5.74, 6) is 0.656. The van der Waals surface area contributed by atoms with Gasteiger partial charge in [-0.2, -0.15) is 0 Å². The van der Waals surface area contributed by atoms with Gasteiger partial charge in [-0.3, -0.25) is 4.79 Å². The lowest BCUT2D eigenvalue weighted by molar-refractivity contribution is -0.127. The van der Waals surface area contributed by atoms with Crippen LogP contribution in [0.25, 0.3) is 6.08 Å². The zero-order valence-corrected chi connectivity index (χ0v) is 12.6. The predicted octanol–water partition coefficient (Wildman–Crippen LogP) is 1.11. The standard InChI is InChI=1S/C17H20N2O3/c1-18-7-8-19(12-15(20)11-18)17(21)14-6-9-22-16-5-3-2-4-13(16)10-14/h2-6,9-10,15,20H,7-8,11-12H2,1H3/t15-/m1/s1. The number of benzene rings is 1. The number of likely N-dealkylation sites (N-methyl/N-ethyl adjacent to an activating group) is 1. The van der Waals surface area contributed by atoms with E-state index in [2.05, 4.69) is 0 Å². The van der Waals surface area contributed by atoms with Gasteiger partial charge in [0.2, 0.25) is 0 Å². The summed E-state index contributed by atoms with van der Waals surface area (Å²) in [6.45, 7) is 2.31. The molecule has 2 aliphatic heterocycles. The first-order valence-electron chi connectivity index (χ1n) is 7.43. The van der Waals surface area contributed by atoms with Crippen LogP contribution in [0, 0.1) is 0 Å². The molecule has 1 saturated heterocycles. The lowest BCUT2D eigenvalue weighted by Gasteiger charge is -2.22. The zero-order valence-electron chi connectivity index (χ0n) is 12.6. The van der Waals surface area contributed by atoms with E-state index < -0.39 is 6.10 Å². The van der Waals surface area contributed by atoms with Gasteiger partial charge in [-0.1, -0.05) is 18.2 Å². The van der Waals surface area contributed by atoms with Crippen molar-refractivity contribution in [3.05, 3.63) is 47.7 Å². The van der Waals surface area contributed by atoms with E-state index in [9.17, 15) is 9.90 Å². The van der Waals surface area contributed by atoms with Gasteiger partial charge in [0.05, 0.1) is 12.4 Å². The molecule has 1 fully saturated rings. The van der Waals surface area contributed by atoms with Crippen molar-refractivity contribution in [2.75, 3.05) is 33.2 Å². The second-order valence-corrected chi connectivity index (χ2v) is 5.73. The Morgan fingerprint density at radius 1 is 1.27 bits per heavy atom. The summed E-state index contributed by atoms with van der Waals surface area (Å²) in [5.41, 5.74) is 1.45. The van der Waals surface area contributed by atoms with Crippen molar-refractivity contribution >= 4 is 12.0 Å². The molecular weight excluding hydrogens is 280 g/mol. The Balaban J connectivity index is 1.84. The molecule has 1 aromatic carbocycles. The van der Waals surface area contributed by atoms with Crippen LogP contribution in [0.5, 0.6) is 5.75 Å². The molecule has 0 aliphatic carbocycles. The molecule has 1 amide bonds. The average Bonchev–Trinajstić information content (AvgIpc) is 2.81. The minimum Gasteiger partial charge on any atom is -0.464 e. The van der Waals surface area contributed by atoms with Crippen LogP contribution in [0.4, 0.5) is 0 Å². The second kappa shape index (κ2) is 6.34. The number of para-hydroxylation sites is 1. The summed E-state index contributed by atoms with van der Waals surface area (Å²) >= 11 is 0. The number of carbonyl (C=O) groups is 1. The first kappa shape index (κ1) is 14.8. The predicted molar refractivity (Wildman–Crippen MR) is 84.3 cm³/mol. The Bertz CT molecular complexity index is 624. The molecule has 0 unspecified atom stereocenters. The Labute approximate surface area is 130 Å². The minimum atomic E-state index is -0.518. The van der Waals surface area contributed by atoms with E-state index in [1.165, 1.54) is 6.26 Å². The first-order chi connectivity index (χ1) is 10.6. The molecule has 0 aromatic heterocycles. The van der Waals surface area contributed by atoms with Crippen molar-refractivity contribution in [2.24, 2.45) is 0 Å². The molecule has 0 radical (unpaired) electrons. The van der Waals surface area contributed by atoms with Gasteiger partial charge in [0, 0.05) is 37.3 Å². The molecular formula is C17H20N2O3. The number of rotatable bonds is 1. The highest BCUT2D eigenvalue weighted by Gasteiger charge is 2.24. The van der Waals surface area contributed by atoms with Gasteiger partial charge in [-0.15, -0.1) is 0 Å². The van der Waals surface area contributed by atoms with Gasteiger partial charge in [-0.05, 0) is 25.3 Å². The Hall–Kier alpha value is -2.11. The number of amides is 1. The molecule has 22 heavy (non-hydrogen) atoms. The number of hydrogen-bond acceptors (Lipinski definition) is 4. The summed E-state index contributed by atoms with van der Waals surface area (Å²) in [4.78, 5) is 16.5. The van der Waals surface area contributed by atoms with Gasteiger partial charge in [0.1, 0.15) is 5.75 Å². The lowest BCUT2D eigenvalue weighted by atomic mass is 10.1. The van der Waals surface area contributed by atoms with Crippen LogP contribution < -0.4 is 4.74 Å². The number of carbonyl (C=O) groups excluding carboxylic acids is 1. The average molecular weight is 300 g/mol. The number of aliphatic hydroxyl groups is 1. The molecule has 5 heteroatoms. The molecule has 0 saturated carbocycles. The fourth-order valence-corrected chi connectivity index (χ4v) is 2.75. The topological polar surface area (TPSA) is 53.0 Å². The SMILES string of the molecule is CN1CCN(C(=O)C2=Cc3ccccc3OC=C2)C[C@H](O)C1. The maximum atomic E-state index is 12.7. The van der Waals surface area contributed by atoms with E-state index in [0.29, 0.717) is 25.2 Å². The molecule has 1 N–H and O–H groups in total. The molecule has 2 aliphatic rings. The van der Waals surface area contributed by atoms with Crippen molar-refractivity contribution in [1.29, 1.82) is 0 Å².